The van der Waals surface area contributed by atoms with Gasteiger partial charge in [0.15, 0.2) is 0 Å². The molecular formula is C23H22N2O5S2. The first-order chi connectivity index (χ1) is 15.3. The molecule has 3 heterocycles. The maximum Gasteiger partial charge on any atom is 0.326 e. The molecule has 3 fully saturated rings. The zero-order chi connectivity index (χ0) is 22.5. The Morgan fingerprint density at radius 3 is 2.53 bits per heavy atom. The Morgan fingerprint density at radius 1 is 1.16 bits per heavy atom. The number of carbonyl (C=O) groups excluding carboxylic acids is 2. The molecule has 32 heavy (non-hydrogen) atoms. The van der Waals surface area contributed by atoms with Gasteiger partial charge in [-0.3, -0.25) is 19.3 Å². The Kier molecular flexibility index (Phi) is 4.30. The SMILES string of the molecule is Cc1ccccc1[C@H]1c2sc(=O)[nH]c2S[C@@H]2[C@H]3C[C@@H]([C@@H]4C(=O)N([C@H](C)C(=O)O)C(=O)[C@@H]34)[C@@H]12. The van der Waals surface area contributed by atoms with Crippen LogP contribution in [0.1, 0.15) is 35.3 Å². The number of amides is 2. The second-order valence-electron chi connectivity index (χ2n) is 9.38. The van der Waals surface area contributed by atoms with Crippen LogP contribution in [0.15, 0.2) is 34.1 Å². The van der Waals surface area contributed by atoms with E-state index in [-0.39, 0.29) is 45.6 Å². The predicted molar refractivity (Wildman–Crippen MR) is 119 cm³/mol. The number of thioether (sulfide) groups is 1. The third-order valence-electron chi connectivity index (χ3n) is 8.03. The van der Waals surface area contributed by atoms with Crippen molar-refractivity contribution >= 4 is 40.9 Å². The first kappa shape index (κ1) is 20.2. The number of H-pyrrole nitrogens is 1. The molecule has 2 N–H and O–H groups in total. The number of imide groups is 1. The van der Waals surface area contributed by atoms with Crippen LogP contribution in [0.4, 0.5) is 0 Å². The summed E-state index contributed by atoms with van der Waals surface area (Å²) in [5, 5.41) is 10.4. The number of fused-ring (bicyclic) bond motifs is 9. The highest BCUT2D eigenvalue weighted by Gasteiger charge is 2.70. The van der Waals surface area contributed by atoms with E-state index in [1.807, 2.05) is 12.1 Å². The van der Waals surface area contributed by atoms with Crippen LogP contribution in [-0.4, -0.2) is 44.1 Å². The van der Waals surface area contributed by atoms with Crippen molar-refractivity contribution in [2.75, 3.05) is 0 Å². The molecule has 1 aromatic carbocycles. The Hall–Kier alpha value is -2.39. The van der Waals surface area contributed by atoms with Gasteiger partial charge in [0.25, 0.3) is 0 Å². The lowest BCUT2D eigenvalue weighted by molar-refractivity contribution is -0.154. The third-order valence-corrected chi connectivity index (χ3v) is 10.6. The number of nitrogens with one attached hydrogen (secondary N) is 1. The molecule has 0 unspecified atom stereocenters. The van der Waals surface area contributed by atoms with E-state index in [1.54, 1.807) is 11.8 Å². The second-order valence-corrected chi connectivity index (χ2v) is 11.6. The van der Waals surface area contributed by atoms with Crippen LogP contribution >= 0.6 is 23.1 Å². The van der Waals surface area contributed by atoms with Gasteiger partial charge in [0.2, 0.25) is 11.8 Å². The van der Waals surface area contributed by atoms with E-state index in [2.05, 4.69) is 24.0 Å². The van der Waals surface area contributed by atoms with Crippen LogP contribution in [0, 0.1) is 36.5 Å². The highest BCUT2D eigenvalue weighted by atomic mass is 32.2. The van der Waals surface area contributed by atoms with Gasteiger partial charge in [-0.05, 0) is 49.1 Å². The van der Waals surface area contributed by atoms with Gasteiger partial charge in [-0.15, -0.1) is 11.8 Å². The summed E-state index contributed by atoms with van der Waals surface area (Å²) in [6, 6.07) is 7.02. The quantitative estimate of drug-likeness (QED) is 0.668. The molecule has 166 valence electrons. The van der Waals surface area contributed by atoms with Crippen molar-refractivity contribution in [3.8, 4) is 0 Å². The first-order valence-electron chi connectivity index (χ1n) is 10.8. The Bertz CT molecular complexity index is 1230. The summed E-state index contributed by atoms with van der Waals surface area (Å²) in [6.45, 7) is 3.47. The van der Waals surface area contributed by atoms with E-state index >= 15 is 0 Å². The number of carboxylic acids is 1. The molecule has 2 amide bonds. The fraction of sp³-hybridized carbons (Fsp3) is 0.478. The Balaban J connectivity index is 1.47. The summed E-state index contributed by atoms with van der Waals surface area (Å²) in [7, 11) is 0. The van der Waals surface area contributed by atoms with Gasteiger partial charge >= 0.3 is 10.8 Å². The number of nitrogens with zero attached hydrogens (tertiary/aromatic N) is 1. The van der Waals surface area contributed by atoms with Crippen molar-refractivity contribution in [3.05, 3.63) is 49.9 Å². The number of likely N-dealkylation sites (tertiary alicyclic amines) is 1. The monoisotopic (exact) mass is 470 g/mol. The van der Waals surface area contributed by atoms with Gasteiger partial charge in [0.05, 0.1) is 16.9 Å². The normalized spacial score (nSPS) is 35.6. The van der Waals surface area contributed by atoms with Gasteiger partial charge in [-0.25, -0.2) is 4.79 Å². The van der Waals surface area contributed by atoms with Gasteiger partial charge in [-0.1, -0.05) is 35.6 Å². The minimum atomic E-state index is -1.16. The lowest BCUT2D eigenvalue weighted by atomic mass is 9.67. The summed E-state index contributed by atoms with van der Waals surface area (Å²) >= 11 is 2.88. The number of hydrogen-bond donors (Lipinski definition) is 2. The lowest BCUT2D eigenvalue weighted by Gasteiger charge is -2.43. The minimum Gasteiger partial charge on any atom is -0.480 e. The zero-order valence-corrected chi connectivity index (χ0v) is 19.1. The molecule has 4 aliphatic rings. The predicted octanol–water partition coefficient (Wildman–Crippen LogP) is 2.69. The molecule has 8 atom stereocenters. The summed E-state index contributed by atoms with van der Waals surface area (Å²) in [4.78, 5) is 55.4. The topological polar surface area (TPSA) is 108 Å². The Morgan fingerprint density at radius 2 is 1.84 bits per heavy atom. The molecule has 2 saturated carbocycles. The number of carbonyl (C=O) groups is 3. The van der Waals surface area contributed by atoms with E-state index < -0.39 is 23.8 Å². The molecule has 2 bridgehead atoms. The largest absolute Gasteiger partial charge is 0.480 e. The van der Waals surface area contributed by atoms with E-state index in [9.17, 15) is 24.3 Å². The molecule has 2 aliphatic heterocycles. The van der Waals surface area contributed by atoms with Gasteiger partial charge in [-0.2, -0.15) is 0 Å². The number of carboxylic acid groups (broad SMARTS) is 1. The highest BCUT2D eigenvalue weighted by molar-refractivity contribution is 8.00. The maximum atomic E-state index is 13.3. The lowest BCUT2D eigenvalue weighted by Crippen LogP contribution is -2.44. The summed E-state index contributed by atoms with van der Waals surface area (Å²) in [5.41, 5.74) is 2.31. The molecule has 2 aliphatic carbocycles. The first-order valence-corrected chi connectivity index (χ1v) is 12.5. The summed E-state index contributed by atoms with van der Waals surface area (Å²) in [5.74, 6) is -2.61. The molecule has 1 aromatic heterocycles. The second kappa shape index (κ2) is 6.81. The molecule has 7 nitrogen and oxygen atoms in total. The van der Waals surface area contributed by atoms with Crippen LogP contribution < -0.4 is 4.87 Å². The zero-order valence-electron chi connectivity index (χ0n) is 17.5. The standard InChI is InChI=1S/C23H22N2O5S2/c1-8-5-3-4-6-10(8)13-14-11-7-12(17(14)31-19-18(13)32-23(30)24-19)16-15(11)20(26)25(21(16)27)9(2)22(28)29/h3-6,9,11-17H,7H2,1-2H3,(H,24,30)(H,28,29)/t9-,11-,12+,13-,14+,15+,16+,17-/m1/s1. The van der Waals surface area contributed by atoms with Crippen molar-refractivity contribution in [1.29, 1.82) is 0 Å². The maximum absolute atomic E-state index is 13.3. The number of rotatable bonds is 3. The van der Waals surface area contributed by atoms with Crippen molar-refractivity contribution in [3.63, 3.8) is 0 Å². The van der Waals surface area contributed by atoms with Crippen molar-refractivity contribution < 1.29 is 19.5 Å². The average Bonchev–Trinajstić information content (AvgIpc) is 3.47. The molecule has 2 aromatic rings. The van der Waals surface area contributed by atoms with E-state index in [0.29, 0.717) is 0 Å². The van der Waals surface area contributed by atoms with Crippen LogP contribution in [0.25, 0.3) is 0 Å². The molecule has 6 rings (SSSR count). The van der Waals surface area contributed by atoms with E-state index in [1.165, 1.54) is 18.3 Å². The van der Waals surface area contributed by atoms with Crippen LogP contribution in [0.5, 0.6) is 0 Å². The molecule has 0 radical (unpaired) electrons. The third kappa shape index (κ3) is 2.49. The molecule has 0 spiro atoms. The minimum absolute atomic E-state index is 0.0000898. The number of aryl methyl sites for hydroxylation is 1. The number of thiazole rings is 1. The fourth-order valence-electron chi connectivity index (χ4n) is 6.82. The van der Waals surface area contributed by atoms with E-state index in [0.717, 1.165) is 32.4 Å². The average molecular weight is 471 g/mol. The van der Waals surface area contributed by atoms with Crippen LogP contribution in [0.2, 0.25) is 0 Å². The number of aliphatic carboxylic acids is 1. The van der Waals surface area contributed by atoms with Gasteiger partial charge in [0.1, 0.15) is 6.04 Å². The number of aromatic nitrogens is 1. The van der Waals surface area contributed by atoms with Crippen molar-refractivity contribution in [2.45, 2.75) is 42.5 Å². The Labute approximate surface area is 192 Å². The van der Waals surface area contributed by atoms with Crippen molar-refractivity contribution in [1.82, 2.24) is 9.88 Å². The van der Waals surface area contributed by atoms with Crippen molar-refractivity contribution in [2.24, 2.45) is 29.6 Å². The van der Waals surface area contributed by atoms with Gasteiger partial charge in [0, 0.05) is 16.0 Å². The van der Waals surface area contributed by atoms with Crippen LogP contribution in [-0.2, 0) is 14.4 Å². The molecular weight excluding hydrogens is 448 g/mol. The number of hydrogen-bond acceptors (Lipinski definition) is 6. The molecule has 9 heteroatoms. The number of benzene rings is 1. The smallest absolute Gasteiger partial charge is 0.326 e. The number of aromatic amines is 1. The highest BCUT2D eigenvalue weighted by Crippen LogP contribution is 2.68. The molecule has 1 saturated heterocycles. The van der Waals surface area contributed by atoms with Gasteiger partial charge < -0.3 is 10.1 Å². The summed E-state index contributed by atoms with van der Waals surface area (Å²) < 4.78 is 0. The van der Waals surface area contributed by atoms with Crippen LogP contribution in [0.3, 0.4) is 0 Å². The van der Waals surface area contributed by atoms with E-state index in [4.69, 9.17) is 0 Å². The fourth-order valence-corrected chi connectivity index (χ4v) is 9.70. The summed E-state index contributed by atoms with van der Waals surface area (Å²) in [6.07, 6.45) is 0.798.